The van der Waals surface area contributed by atoms with E-state index in [0.29, 0.717) is 17.4 Å². The van der Waals surface area contributed by atoms with Crippen molar-refractivity contribution in [3.63, 3.8) is 0 Å². The van der Waals surface area contributed by atoms with Gasteiger partial charge < -0.3 is 0 Å². The summed E-state index contributed by atoms with van der Waals surface area (Å²) in [4.78, 5) is 0.345. The van der Waals surface area contributed by atoms with Crippen LogP contribution in [0.15, 0.2) is 27.6 Å². The van der Waals surface area contributed by atoms with Crippen LogP contribution in [0.3, 0.4) is 0 Å². The maximum absolute atomic E-state index is 12.0. The highest BCUT2D eigenvalue weighted by Gasteiger charge is 2.21. The highest BCUT2D eigenvalue weighted by molar-refractivity contribution is 9.10. The van der Waals surface area contributed by atoms with Crippen molar-refractivity contribution >= 4 is 26.0 Å². The van der Waals surface area contributed by atoms with Gasteiger partial charge in [-0.05, 0) is 49.4 Å². The minimum atomic E-state index is -3.34. The summed E-state index contributed by atoms with van der Waals surface area (Å²) in [5.41, 5.74) is 0.927. The third-order valence-electron chi connectivity index (χ3n) is 3.23. The number of hydrogen-bond acceptors (Lipinski definition) is 2. The van der Waals surface area contributed by atoms with E-state index in [1.807, 2.05) is 6.92 Å². The first kappa shape index (κ1) is 13.1. The number of sulfonamides is 1. The van der Waals surface area contributed by atoms with Crippen LogP contribution in [-0.4, -0.2) is 15.0 Å². The molecule has 1 aromatic rings. The zero-order valence-electron chi connectivity index (χ0n) is 9.74. The summed E-state index contributed by atoms with van der Waals surface area (Å²) < 4.78 is 27.6. The Kier molecular flexibility index (Phi) is 3.90. The molecule has 1 saturated carbocycles. The van der Waals surface area contributed by atoms with E-state index in [0.717, 1.165) is 22.9 Å². The Balaban J connectivity index is 2.10. The molecular formula is C12H16BrNO2S. The maximum atomic E-state index is 12.0. The Labute approximate surface area is 111 Å². The van der Waals surface area contributed by atoms with E-state index < -0.39 is 10.0 Å². The van der Waals surface area contributed by atoms with E-state index in [1.165, 1.54) is 6.42 Å². The first-order valence-corrected chi connectivity index (χ1v) is 8.02. The molecule has 0 amide bonds. The van der Waals surface area contributed by atoms with Gasteiger partial charge in [0, 0.05) is 11.0 Å². The number of nitrogens with one attached hydrogen (secondary N) is 1. The van der Waals surface area contributed by atoms with Crippen molar-refractivity contribution < 1.29 is 8.42 Å². The summed E-state index contributed by atoms with van der Waals surface area (Å²) in [6, 6.07) is 5.08. The third-order valence-corrected chi connectivity index (χ3v) is 5.54. The Morgan fingerprint density at radius 1 is 1.41 bits per heavy atom. The minimum Gasteiger partial charge on any atom is -0.211 e. The molecule has 0 spiro atoms. The van der Waals surface area contributed by atoms with Crippen LogP contribution in [0, 0.1) is 12.8 Å². The lowest BCUT2D eigenvalue weighted by Gasteiger charge is -2.25. The highest BCUT2D eigenvalue weighted by atomic mass is 79.9. The van der Waals surface area contributed by atoms with Crippen LogP contribution in [0.1, 0.15) is 24.8 Å². The summed E-state index contributed by atoms with van der Waals surface area (Å²) in [5.74, 6) is 0.529. The molecule has 1 aromatic carbocycles. The second kappa shape index (κ2) is 5.08. The monoisotopic (exact) mass is 317 g/mol. The van der Waals surface area contributed by atoms with Crippen molar-refractivity contribution in [3.05, 3.63) is 28.2 Å². The zero-order valence-corrected chi connectivity index (χ0v) is 12.1. The predicted molar refractivity (Wildman–Crippen MR) is 71.4 cm³/mol. The lowest BCUT2D eigenvalue weighted by Crippen LogP contribution is -2.32. The zero-order chi connectivity index (χ0) is 12.5. The lowest BCUT2D eigenvalue weighted by atomic mass is 9.86. The second-order valence-corrected chi connectivity index (χ2v) is 7.18. The molecule has 1 aliphatic carbocycles. The maximum Gasteiger partial charge on any atom is 0.240 e. The molecule has 0 heterocycles. The van der Waals surface area contributed by atoms with Crippen LogP contribution in [0.25, 0.3) is 0 Å². The summed E-state index contributed by atoms with van der Waals surface area (Å²) in [7, 11) is -3.34. The van der Waals surface area contributed by atoms with E-state index >= 15 is 0 Å². The molecule has 94 valence electrons. The fraction of sp³-hybridized carbons (Fsp3) is 0.500. The van der Waals surface area contributed by atoms with E-state index in [-0.39, 0.29) is 0 Å². The van der Waals surface area contributed by atoms with Crippen LogP contribution in [0.4, 0.5) is 0 Å². The minimum absolute atomic E-state index is 0.345. The van der Waals surface area contributed by atoms with Gasteiger partial charge in [-0.1, -0.05) is 22.4 Å². The van der Waals surface area contributed by atoms with E-state index in [2.05, 4.69) is 20.7 Å². The molecular weight excluding hydrogens is 302 g/mol. The molecule has 0 radical (unpaired) electrons. The predicted octanol–water partition coefficient (Wildman–Crippen LogP) is 2.84. The van der Waals surface area contributed by atoms with Crippen molar-refractivity contribution in [2.24, 2.45) is 5.92 Å². The Hall–Kier alpha value is -0.390. The summed E-state index contributed by atoms with van der Waals surface area (Å²) in [5, 5.41) is 0. The number of aryl methyl sites for hydroxylation is 1. The molecule has 0 atom stereocenters. The molecule has 17 heavy (non-hydrogen) atoms. The van der Waals surface area contributed by atoms with Crippen molar-refractivity contribution in [2.45, 2.75) is 31.1 Å². The van der Waals surface area contributed by atoms with Crippen LogP contribution >= 0.6 is 15.9 Å². The van der Waals surface area contributed by atoms with Gasteiger partial charge in [-0.15, -0.1) is 0 Å². The average molecular weight is 318 g/mol. The van der Waals surface area contributed by atoms with Crippen molar-refractivity contribution in [3.8, 4) is 0 Å². The SMILES string of the molecule is Cc1cc(S(=O)(=O)NCC2CCC2)ccc1Br. The van der Waals surface area contributed by atoms with Gasteiger partial charge in [0.15, 0.2) is 0 Å². The van der Waals surface area contributed by atoms with Gasteiger partial charge >= 0.3 is 0 Å². The topological polar surface area (TPSA) is 46.2 Å². The smallest absolute Gasteiger partial charge is 0.211 e. The Bertz CT molecular complexity index is 509. The van der Waals surface area contributed by atoms with Crippen LogP contribution in [0.5, 0.6) is 0 Å². The normalized spacial score (nSPS) is 16.8. The van der Waals surface area contributed by atoms with Crippen LogP contribution < -0.4 is 4.72 Å². The van der Waals surface area contributed by atoms with E-state index in [9.17, 15) is 8.42 Å². The summed E-state index contributed by atoms with van der Waals surface area (Å²) in [6.45, 7) is 2.45. The lowest BCUT2D eigenvalue weighted by molar-refractivity contribution is 0.316. The largest absolute Gasteiger partial charge is 0.240 e. The van der Waals surface area contributed by atoms with Gasteiger partial charge in [-0.3, -0.25) is 0 Å². The van der Waals surface area contributed by atoms with Crippen LogP contribution in [-0.2, 0) is 10.0 Å². The van der Waals surface area contributed by atoms with E-state index in [4.69, 9.17) is 0 Å². The third kappa shape index (κ3) is 3.09. The molecule has 3 nitrogen and oxygen atoms in total. The van der Waals surface area contributed by atoms with Gasteiger partial charge in [-0.2, -0.15) is 0 Å². The molecule has 5 heteroatoms. The van der Waals surface area contributed by atoms with Gasteiger partial charge in [-0.25, -0.2) is 13.1 Å². The highest BCUT2D eigenvalue weighted by Crippen LogP contribution is 2.26. The van der Waals surface area contributed by atoms with Crippen molar-refractivity contribution in [1.29, 1.82) is 0 Å². The van der Waals surface area contributed by atoms with Crippen molar-refractivity contribution in [1.82, 2.24) is 4.72 Å². The quantitative estimate of drug-likeness (QED) is 0.928. The van der Waals surface area contributed by atoms with Crippen LogP contribution in [0.2, 0.25) is 0 Å². The first-order chi connectivity index (χ1) is 7.99. The molecule has 1 fully saturated rings. The number of benzene rings is 1. The molecule has 0 aliphatic heterocycles. The summed E-state index contributed by atoms with van der Waals surface area (Å²) in [6.07, 6.45) is 3.51. The van der Waals surface area contributed by atoms with Crippen molar-refractivity contribution in [2.75, 3.05) is 6.54 Å². The fourth-order valence-electron chi connectivity index (χ4n) is 1.79. The Morgan fingerprint density at radius 3 is 2.65 bits per heavy atom. The fourth-order valence-corrected chi connectivity index (χ4v) is 3.24. The number of rotatable bonds is 4. The van der Waals surface area contributed by atoms with Gasteiger partial charge in [0.25, 0.3) is 0 Å². The molecule has 1 N–H and O–H groups in total. The second-order valence-electron chi connectivity index (χ2n) is 4.56. The molecule has 0 saturated heterocycles. The molecule has 0 unspecified atom stereocenters. The van der Waals surface area contributed by atoms with E-state index in [1.54, 1.807) is 18.2 Å². The van der Waals surface area contributed by atoms with Gasteiger partial charge in [0.05, 0.1) is 4.90 Å². The summed E-state index contributed by atoms with van der Waals surface area (Å²) >= 11 is 3.36. The van der Waals surface area contributed by atoms with Gasteiger partial charge in [0.2, 0.25) is 10.0 Å². The number of halogens is 1. The Morgan fingerprint density at radius 2 is 2.12 bits per heavy atom. The molecule has 2 rings (SSSR count). The average Bonchev–Trinajstić information content (AvgIpc) is 2.19. The first-order valence-electron chi connectivity index (χ1n) is 5.75. The molecule has 1 aliphatic rings. The van der Waals surface area contributed by atoms with Gasteiger partial charge in [0.1, 0.15) is 0 Å². The standard InChI is InChI=1S/C12H16BrNO2S/c1-9-7-11(5-6-12(9)13)17(15,16)14-8-10-3-2-4-10/h5-7,10,14H,2-4,8H2,1H3. The number of hydrogen-bond donors (Lipinski definition) is 1. The molecule has 0 bridgehead atoms. The molecule has 0 aromatic heterocycles.